The van der Waals surface area contributed by atoms with E-state index in [1.807, 2.05) is 0 Å². The number of ether oxygens (including phenoxy) is 1. The lowest BCUT2D eigenvalue weighted by atomic mass is 9.67. The maximum Gasteiger partial charge on any atom is 0.328 e. The van der Waals surface area contributed by atoms with Crippen LogP contribution in [-0.4, -0.2) is 25.6 Å². The number of nitrogens with zero attached hydrogens (tertiary/aromatic N) is 1. The Kier molecular flexibility index (Phi) is 2.69. The van der Waals surface area contributed by atoms with Crippen LogP contribution in [0.25, 0.3) is 0 Å². The van der Waals surface area contributed by atoms with Gasteiger partial charge in [-0.25, -0.2) is 9.69 Å². The predicted molar refractivity (Wildman–Crippen MR) is 70.2 cm³/mol. The lowest BCUT2D eigenvalue weighted by Gasteiger charge is -2.46. The molecule has 1 aromatic carbocycles. The standard InChI is InChI=1S/C14H16N2O3/c1-19-11-5-2-4-10(8-11)16-12(17)14(6-3-7-14)9-15-13(16)18/h2,4-5,8H,3,6-7,9H2,1H3,(H,15,18). The molecule has 0 radical (unpaired) electrons. The van der Waals surface area contributed by atoms with Crippen LogP contribution >= 0.6 is 0 Å². The Morgan fingerprint density at radius 2 is 2.11 bits per heavy atom. The van der Waals surface area contributed by atoms with Gasteiger partial charge in [-0.1, -0.05) is 12.5 Å². The molecule has 1 aliphatic heterocycles. The van der Waals surface area contributed by atoms with Crippen LogP contribution in [0.3, 0.4) is 0 Å². The van der Waals surface area contributed by atoms with Gasteiger partial charge in [-0.3, -0.25) is 4.79 Å². The summed E-state index contributed by atoms with van der Waals surface area (Å²) >= 11 is 0. The van der Waals surface area contributed by atoms with E-state index in [9.17, 15) is 9.59 Å². The molecule has 5 heteroatoms. The molecule has 19 heavy (non-hydrogen) atoms. The average molecular weight is 260 g/mol. The van der Waals surface area contributed by atoms with Crippen molar-refractivity contribution in [3.05, 3.63) is 24.3 Å². The zero-order valence-electron chi connectivity index (χ0n) is 10.8. The van der Waals surface area contributed by atoms with Gasteiger partial charge in [0.15, 0.2) is 0 Å². The number of nitrogens with one attached hydrogen (secondary N) is 1. The Hall–Kier alpha value is -2.04. The minimum absolute atomic E-state index is 0.0873. The molecule has 5 nitrogen and oxygen atoms in total. The molecule has 3 amide bonds. The number of imide groups is 1. The molecule has 2 fully saturated rings. The van der Waals surface area contributed by atoms with E-state index in [0.717, 1.165) is 19.3 Å². The summed E-state index contributed by atoms with van der Waals surface area (Å²) in [6, 6.07) is 6.66. The summed E-state index contributed by atoms with van der Waals surface area (Å²) in [7, 11) is 1.56. The highest BCUT2D eigenvalue weighted by molar-refractivity contribution is 6.18. The Labute approximate surface area is 111 Å². The Morgan fingerprint density at radius 1 is 1.32 bits per heavy atom. The smallest absolute Gasteiger partial charge is 0.328 e. The molecule has 1 saturated heterocycles. The predicted octanol–water partition coefficient (Wildman–Crippen LogP) is 1.92. The second-order valence-corrected chi connectivity index (χ2v) is 5.13. The van der Waals surface area contributed by atoms with Crippen LogP contribution in [0.5, 0.6) is 5.75 Å². The SMILES string of the molecule is COc1cccc(N2C(=O)NCC3(CCC3)C2=O)c1. The Bertz CT molecular complexity index is 537. The van der Waals surface area contributed by atoms with E-state index in [1.54, 1.807) is 31.4 Å². The lowest BCUT2D eigenvalue weighted by molar-refractivity contribution is -0.132. The first-order valence-electron chi connectivity index (χ1n) is 6.43. The van der Waals surface area contributed by atoms with Crippen molar-refractivity contribution >= 4 is 17.6 Å². The van der Waals surface area contributed by atoms with Gasteiger partial charge in [0.05, 0.1) is 18.2 Å². The molecule has 2 aliphatic rings. The molecule has 1 aliphatic carbocycles. The molecular formula is C14H16N2O3. The van der Waals surface area contributed by atoms with Crippen molar-refractivity contribution in [3.63, 3.8) is 0 Å². The zero-order chi connectivity index (χ0) is 13.5. The largest absolute Gasteiger partial charge is 0.497 e. The van der Waals surface area contributed by atoms with Crippen LogP contribution < -0.4 is 15.0 Å². The molecule has 100 valence electrons. The van der Waals surface area contributed by atoms with Crippen LogP contribution in [0.2, 0.25) is 0 Å². The monoisotopic (exact) mass is 260 g/mol. The third-order valence-electron chi connectivity index (χ3n) is 4.06. The molecule has 1 aromatic rings. The fraction of sp³-hybridized carbons (Fsp3) is 0.429. The summed E-state index contributed by atoms with van der Waals surface area (Å²) in [5.41, 5.74) is 0.185. The third-order valence-corrected chi connectivity index (χ3v) is 4.06. The number of carbonyl (C=O) groups is 2. The normalized spacial score (nSPS) is 21.0. The van der Waals surface area contributed by atoms with Crippen LogP contribution in [0.15, 0.2) is 24.3 Å². The molecule has 0 aromatic heterocycles. The van der Waals surface area contributed by atoms with E-state index < -0.39 is 0 Å². The summed E-state index contributed by atoms with van der Waals surface area (Å²) in [5, 5.41) is 2.82. The quantitative estimate of drug-likeness (QED) is 0.883. The minimum Gasteiger partial charge on any atom is -0.497 e. The van der Waals surface area contributed by atoms with Gasteiger partial charge in [0, 0.05) is 12.6 Å². The first-order valence-corrected chi connectivity index (χ1v) is 6.43. The number of rotatable bonds is 2. The van der Waals surface area contributed by atoms with Crippen molar-refractivity contribution in [3.8, 4) is 5.75 Å². The second kappa shape index (κ2) is 4.26. The first-order chi connectivity index (χ1) is 9.16. The molecule has 1 saturated carbocycles. The number of carbonyl (C=O) groups excluding carboxylic acids is 2. The van der Waals surface area contributed by atoms with E-state index in [-0.39, 0.29) is 17.4 Å². The highest BCUT2D eigenvalue weighted by atomic mass is 16.5. The second-order valence-electron chi connectivity index (χ2n) is 5.13. The zero-order valence-corrected chi connectivity index (χ0v) is 10.8. The number of amides is 3. The van der Waals surface area contributed by atoms with Gasteiger partial charge in [0.1, 0.15) is 5.75 Å². The van der Waals surface area contributed by atoms with Gasteiger partial charge in [0.2, 0.25) is 5.91 Å². The summed E-state index contributed by atoms with van der Waals surface area (Å²) in [5.74, 6) is 0.544. The van der Waals surface area contributed by atoms with E-state index in [2.05, 4.69) is 5.32 Å². The number of hydrogen-bond donors (Lipinski definition) is 1. The summed E-state index contributed by atoms with van der Waals surface area (Å²) < 4.78 is 5.14. The summed E-state index contributed by atoms with van der Waals surface area (Å²) in [6.07, 6.45) is 2.76. The molecular weight excluding hydrogens is 244 g/mol. The van der Waals surface area contributed by atoms with Gasteiger partial charge >= 0.3 is 6.03 Å². The Morgan fingerprint density at radius 3 is 2.74 bits per heavy atom. The van der Waals surface area contributed by atoms with Crippen molar-refractivity contribution in [2.45, 2.75) is 19.3 Å². The highest BCUT2D eigenvalue weighted by Gasteiger charge is 2.51. The first kappa shape index (κ1) is 12.0. The number of benzene rings is 1. The summed E-state index contributed by atoms with van der Waals surface area (Å²) in [6.45, 7) is 0.463. The average Bonchev–Trinajstić information content (AvgIpc) is 2.37. The van der Waals surface area contributed by atoms with Gasteiger partial charge < -0.3 is 10.1 Å². The Balaban J connectivity index is 1.96. The van der Waals surface area contributed by atoms with Gasteiger partial charge in [-0.15, -0.1) is 0 Å². The van der Waals surface area contributed by atoms with Crippen molar-refractivity contribution < 1.29 is 14.3 Å². The van der Waals surface area contributed by atoms with Crippen LogP contribution in [-0.2, 0) is 4.79 Å². The van der Waals surface area contributed by atoms with Gasteiger partial charge in [0.25, 0.3) is 0 Å². The fourth-order valence-electron chi connectivity index (χ4n) is 2.71. The number of urea groups is 1. The number of hydrogen-bond acceptors (Lipinski definition) is 3. The molecule has 1 N–H and O–H groups in total. The third kappa shape index (κ3) is 1.77. The van der Waals surface area contributed by atoms with E-state index >= 15 is 0 Å². The van der Waals surface area contributed by atoms with Crippen LogP contribution in [0, 0.1) is 5.41 Å². The van der Waals surface area contributed by atoms with Crippen molar-refractivity contribution in [1.82, 2.24) is 5.32 Å². The van der Waals surface area contributed by atoms with E-state index in [0.29, 0.717) is 18.0 Å². The van der Waals surface area contributed by atoms with E-state index in [1.165, 1.54) is 4.90 Å². The highest BCUT2D eigenvalue weighted by Crippen LogP contribution is 2.44. The minimum atomic E-state index is -0.378. The number of methoxy groups -OCH3 is 1. The van der Waals surface area contributed by atoms with Crippen LogP contribution in [0.1, 0.15) is 19.3 Å². The molecule has 0 atom stereocenters. The lowest BCUT2D eigenvalue weighted by Crippen LogP contribution is -2.63. The maximum absolute atomic E-state index is 12.6. The number of anilines is 1. The van der Waals surface area contributed by atoms with Gasteiger partial charge in [-0.05, 0) is 25.0 Å². The molecule has 1 spiro atoms. The van der Waals surface area contributed by atoms with E-state index in [4.69, 9.17) is 4.74 Å². The van der Waals surface area contributed by atoms with Crippen LogP contribution in [0.4, 0.5) is 10.5 Å². The summed E-state index contributed by atoms with van der Waals surface area (Å²) in [4.78, 5) is 25.8. The molecule has 0 bridgehead atoms. The topological polar surface area (TPSA) is 58.6 Å². The maximum atomic E-state index is 12.6. The molecule has 3 rings (SSSR count). The molecule has 1 heterocycles. The van der Waals surface area contributed by atoms with Gasteiger partial charge in [-0.2, -0.15) is 0 Å². The molecule has 0 unspecified atom stereocenters. The van der Waals surface area contributed by atoms with Crippen molar-refractivity contribution in [2.24, 2.45) is 5.41 Å². The van der Waals surface area contributed by atoms with Crippen molar-refractivity contribution in [2.75, 3.05) is 18.6 Å². The fourth-order valence-corrected chi connectivity index (χ4v) is 2.71. The van der Waals surface area contributed by atoms with Crippen molar-refractivity contribution in [1.29, 1.82) is 0 Å².